The molecular weight excluding hydrogens is 324 g/mol. The van der Waals surface area contributed by atoms with E-state index in [1.807, 2.05) is 49.4 Å². The first-order valence-electron chi connectivity index (χ1n) is 7.39. The van der Waals surface area contributed by atoms with Crippen LogP contribution in [-0.4, -0.2) is 17.6 Å². The second-order valence-corrected chi connectivity index (χ2v) is 6.30. The van der Waals surface area contributed by atoms with E-state index in [0.717, 1.165) is 10.3 Å². The van der Waals surface area contributed by atoms with Crippen molar-refractivity contribution in [3.05, 3.63) is 65.9 Å². The lowest BCUT2D eigenvalue weighted by Crippen LogP contribution is -2.42. The Balaban J connectivity index is 1.50. The Hall–Kier alpha value is -2.73. The normalized spacial score (nSPS) is 10.5. The summed E-state index contributed by atoms with van der Waals surface area (Å²) in [5, 5.41) is 0.837. The SMILES string of the molecule is Cc1ccc(SCC(=O)NNC(=O)c2cc3ccccc3o2)cc1. The number of para-hydroxylation sites is 1. The van der Waals surface area contributed by atoms with E-state index in [9.17, 15) is 9.59 Å². The predicted octanol–water partition coefficient (Wildman–Crippen LogP) is 3.29. The summed E-state index contributed by atoms with van der Waals surface area (Å²) < 4.78 is 5.43. The summed E-state index contributed by atoms with van der Waals surface area (Å²) >= 11 is 1.40. The van der Waals surface area contributed by atoms with Crippen molar-refractivity contribution in [1.29, 1.82) is 0 Å². The molecule has 0 aliphatic heterocycles. The molecular formula is C18H16N2O3S. The molecule has 2 aromatic carbocycles. The summed E-state index contributed by atoms with van der Waals surface area (Å²) in [4.78, 5) is 24.8. The zero-order valence-electron chi connectivity index (χ0n) is 13.0. The van der Waals surface area contributed by atoms with Crippen molar-refractivity contribution in [2.45, 2.75) is 11.8 Å². The molecule has 0 bridgehead atoms. The van der Waals surface area contributed by atoms with Crippen LogP contribution in [0.2, 0.25) is 0 Å². The minimum absolute atomic E-state index is 0.155. The smallest absolute Gasteiger partial charge is 0.305 e. The molecule has 0 spiro atoms. The van der Waals surface area contributed by atoms with Crippen molar-refractivity contribution in [1.82, 2.24) is 10.9 Å². The molecule has 0 aliphatic rings. The summed E-state index contributed by atoms with van der Waals surface area (Å²) in [6.45, 7) is 2.01. The van der Waals surface area contributed by atoms with E-state index in [1.165, 1.54) is 17.3 Å². The second kappa shape index (κ2) is 7.23. The first kappa shape index (κ1) is 16.1. The van der Waals surface area contributed by atoms with E-state index in [2.05, 4.69) is 10.9 Å². The lowest BCUT2D eigenvalue weighted by Gasteiger charge is -2.06. The molecule has 1 aromatic heterocycles. The zero-order valence-corrected chi connectivity index (χ0v) is 13.9. The topological polar surface area (TPSA) is 71.3 Å². The Morgan fingerprint density at radius 3 is 2.54 bits per heavy atom. The number of rotatable bonds is 4. The van der Waals surface area contributed by atoms with Gasteiger partial charge < -0.3 is 4.42 Å². The molecule has 24 heavy (non-hydrogen) atoms. The molecule has 0 atom stereocenters. The predicted molar refractivity (Wildman–Crippen MR) is 93.7 cm³/mol. The molecule has 0 aliphatic carbocycles. The maximum Gasteiger partial charge on any atom is 0.305 e. The number of hydrazine groups is 1. The van der Waals surface area contributed by atoms with Gasteiger partial charge in [0.1, 0.15) is 5.58 Å². The number of carbonyl (C=O) groups is 2. The first-order valence-corrected chi connectivity index (χ1v) is 8.37. The van der Waals surface area contributed by atoms with Gasteiger partial charge in [0.05, 0.1) is 5.75 Å². The van der Waals surface area contributed by atoms with Crippen LogP contribution in [0, 0.1) is 6.92 Å². The van der Waals surface area contributed by atoms with Crippen LogP contribution in [0.3, 0.4) is 0 Å². The Morgan fingerprint density at radius 2 is 1.79 bits per heavy atom. The summed E-state index contributed by atoms with van der Waals surface area (Å²) in [6, 6.07) is 16.9. The van der Waals surface area contributed by atoms with Crippen molar-refractivity contribution >= 4 is 34.5 Å². The van der Waals surface area contributed by atoms with Gasteiger partial charge in [0.2, 0.25) is 5.91 Å². The fourth-order valence-electron chi connectivity index (χ4n) is 2.10. The summed E-state index contributed by atoms with van der Waals surface area (Å²) in [6.07, 6.45) is 0. The number of furan rings is 1. The van der Waals surface area contributed by atoms with Crippen molar-refractivity contribution < 1.29 is 14.0 Å². The number of carbonyl (C=O) groups excluding carboxylic acids is 2. The van der Waals surface area contributed by atoms with Gasteiger partial charge >= 0.3 is 5.91 Å². The van der Waals surface area contributed by atoms with Crippen LogP contribution < -0.4 is 10.9 Å². The first-order chi connectivity index (χ1) is 11.6. The van der Waals surface area contributed by atoms with Crippen molar-refractivity contribution in [3.63, 3.8) is 0 Å². The maximum absolute atomic E-state index is 12.0. The highest BCUT2D eigenvalue weighted by atomic mass is 32.2. The minimum Gasteiger partial charge on any atom is -0.451 e. The lowest BCUT2D eigenvalue weighted by atomic mass is 10.2. The van der Waals surface area contributed by atoms with Crippen LogP contribution in [-0.2, 0) is 4.79 Å². The fraction of sp³-hybridized carbons (Fsp3) is 0.111. The molecule has 2 N–H and O–H groups in total. The third-order valence-electron chi connectivity index (χ3n) is 3.36. The molecule has 2 amide bonds. The minimum atomic E-state index is -0.486. The number of hydrogen-bond acceptors (Lipinski definition) is 4. The lowest BCUT2D eigenvalue weighted by molar-refractivity contribution is -0.119. The Bertz CT molecular complexity index is 838. The number of benzene rings is 2. The number of nitrogens with one attached hydrogen (secondary N) is 2. The molecule has 1 heterocycles. The Labute approximate surface area is 143 Å². The van der Waals surface area contributed by atoms with Crippen molar-refractivity contribution in [2.24, 2.45) is 0 Å². The molecule has 0 unspecified atom stereocenters. The van der Waals surface area contributed by atoms with Gasteiger partial charge in [-0.15, -0.1) is 11.8 Å². The average Bonchev–Trinajstić information content (AvgIpc) is 3.03. The Kier molecular flexibility index (Phi) is 4.86. The molecule has 0 fully saturated rings. The largest absolute Gasteiger partial charge is 0.451 e. The molecule has 6 heteroatoms. The van der Waals surface area contributed by atoms with Gasteiger partial charge in [-0.2, -0.15) is 0 Å². The van der Waals surface area contributed by atoms with Crippen LogP contribution in [0.5, 0.6) is 0 Å². The van der Waals surface area contributed by atoms with Crippen molar-refractivity contribution in [3.8, 4) is 0 Å². The van der Waals surface area contributed by atoms with Crippen LogP contribution >= 0.6 is 11.8 Å². The highest BCUT2D eigenvalue weighted by molar-refractivity contribution is 8.00. The van der Waals surface area contributed by atoms with E-state index in [-0.39, 0.29) is 17.4 Å². The fourth-order valence-corrected chi connectivity index (χ4v) is 2.80. The van der Waals surface area contributed by atoms with Crippen LogP contribution in [0.15, 0.2) is 63.9 Å². The maximum atomic E-state index is 12.0. The van der Waals surface area contributed by atoms with Gasteiger partial charge in [-0.3, -0.25) is 20.4 Å². The highest BCUT2D eigenvalue weighted by Gasteiger charge is 2.12. The van der Waals surface area contributed by atoms with Gasteiger partial charge in [-0.05, 0) is 31.2 Å². The Morgan fingerprint density at radius 1 is 1.04 bits per heavy atom. The van der Waals surface area contributed by atoms with E-state index >= 15 is 0 Å². The van der Waals surface area contributed by atoms with E-state index in [0.29, 0.717) is 5.58 Å². The number of hydrogen-bond donors (Lipinski definition) is 2. The average molecular weight is 340 g/mol. The van der Waals surface area contributed by atoms with Gasteiger partial charge in [-0.1, -0.05) is 35.9 Å². The molecule has 122 valence electrons. The van der Waals surface area contributed by atoms with E-state index in [4.69, 9.17) is 4.42 Å². The van der Waals surface area contributed by atoms with E-state index in [1.54, 1.807) is 12.1 Å². The van der Waals surface area contributed by atoms with Gasteiger partial charge in [0.15, 0.2) is 5.76 Å². The second-order valence-electron chi connectivity index (χ2n) is 5.25. The van der Waals surface area contributed by atoms with Crippen molar-refractivity contribution in [2.75, 3.05) is 5.75 Å². The number of aryl methyl sites for hydroxylation is 1. The molecule has 0 saturated carbocycles. The molecule has 3 rings (SSSR count). The van der Waals surface area contributed by atoms with Crippen LogP contribution in [0.1, 0.15) is 16.1 Å². The molecule has 0 radical (unpaired) electrons. The number of fused-ring (bicyclic) bond motifs is 1. The quantitative estimate of drug-likeness (QED) is 0.565. The third kappa shape index (κ3) is 3.97. The third-order valence-corrected chi connectivity index (χ3v) is 4.37. The zero-order chi connectivity index (χ0) is 16.9. The summed E-state index contributed by atoms with van der Waals surface area (Å²) in [5.74, 6) is -0.406. The monoisotopic (exact) mass is 340 g/mol. The van der Waals surface area contributed by atoms with Gasteiger partial charge in [0.25, 0.3) is 0 Å². The highest BCUT2D eigenvalue weighted by Crippen LogP contribution is 2.19. The van der Waals surface area contributed by atoms with Gasteiger partial charge in [0, 0.05) is 10.3 Å². The molecule has 0 saturated heterocycles. The van der Waals surface area contributed by atoms with E-state index < -0.39 is 5.91 Å². The number of thioether (sulfide) groups is 1. The number of amides is 2. The van der Waals surface area contributed by atoms with Crippen LogP contribution in [0.4, 0.5) is 0 Å². The van der Waals surface area contributed by atoms with Gasteiger partial charge in [-0.25, -0.2) is 0 Å². The molecule has 3 aromatic rings. The van der Waals surface area contributed by atoms with Crippen LogP contribution in [0.25, 0.3) is 11.0 Å². The standard InChI is InChI=1S/C18H16N2O3S/c1-12-6-8-14(9-7-12)24-11-17(21)19-20-18(22)16-10-13-4-2-3-5-15(13)23-16/h2-10H,11H2,1H3,(H,19,21)(H,20,22). The summed E-state index contributed by atoms with van der Waals surface area (Å²) in [7, 11) is 0. The molecule has 5 nitrogen and oxygen atoms in total. The summed E-state index contributed by atoms with van der Waals surface area (Å²) in [5.41, 5.74) is 6.54.